The van der Waals surface area contributed by atoms with Gasteiger partial charge in [-0.05, 0) is 46.9 Å². The summed E-state index contributed by atoms with van der Waals surface area (Å²) in [7, 11) is 3.98. The molecule has 0 aliphatic carbocycles. The van der Waals surface area contributed by atoms with E-state index in [2.05, 4.69) is 37.7 Å². The zero-order chi connectivity index (χ0) is 14.6. The molecule has 19 heavy (non-hydrogen) atoms. The fourth-order valence-corrected chi connectivity index (χ4v) is 2.10. The van der Waals surface area contributed by atoms with E-state index < -0.39 is 6.10 Å². The Morgan fingerprint density at radius 2 is 1.89 bits per heavy atom. The normalized spacial score (nSPS) is 14.4. The SMILES string of the molecule is CCC(CC)n1ccc(CC(O)C(C)(C)N(C)C)n1. The molecular formula is C15H29N3O. The van der Waals surface area contributed by atoms with E-state index in [4.69, 9.17) is 0 Å². The Bertz CT molecular complexity index is 380. The van der Waals surface area contributed by atoms with Crippen LogP contribution < -0.4 is 0 Å². The molecule has 1 rings (SSSR count). The third-order valence-corrected chi connectivity index (χ3v) is 4.35. The maximum Gasteiger partial charge on any atom is 0.0774 e. The summed E-state index contributed by atoms with van der Waals surface area (Å²) >= 11 is 0. The molecule has 1 aromatic rings. The van der Waals surface area contributed by atoms with Crippen LogP contribution in [-0.4, -0.2) is 45.5 Å². The zero-order valence-corrected chi connectivity index (χ0v) is 13.2. The number of aliphatic hydroxyl groups is 1. The second-order valence-corrected chi connectivity index (χ2v) is 6.03. The van der Waals surface area contributed by atoms with Crippen molar-refractivity contribution < 1.29 is 5.11 Å². The van der Waals surface area contributed by atoms with Gasteiger partial charge in [-0.15, -0.1) is 0 Å². The summed E-state index contributed by atoms with van der Waals surface area (Å²) < 4.78 is 2.03. The van der Waals surface area contributed by atoms with Crippen molar-refractivity contribution in [3.05, 3.63) is 18.0 Å². The number of aliphatic hydroxyl groups excluding tert-OH is 1. The summed E-state index contributed by atoms with van der Waals surface area (Å²) in [4.78, 5) is 2.05. The van der Waals surface area contributed by atoms with Crippen LogP contribution in [0.4, 0.5) is 0 Å². The predicted octanol–water partition coefficient (Wildman–Crippen LogP) is 2.49. The van der Waals surface area contributed by atoms with Crippen molar-refractivity contribution >= 4 is 0 Å². The summed E-state index contributed by atoms with van der Waals surface area (Å²) in [5.41, 5.74) is 0.716. The average Bonchev–Trinajstić information content (AvgIpc) is 2.79. The van der Waals surface area contributed by atoms with E-state index in [1.807, 2.05) is 31.0 Å². The van der Waals surface area contributed by atoms with Crippen LogP contribution in [-0.2, 0) is 6.42 Å². The van der Waals surface area contributed by atoms with Gasteiger partial charge < -0.3 is 10.0 Å². The summed E-state index contributed by atoms with van der Waals surface area (Å²) in [6.45, 7) is 8.46. The Morgan fingerprint density at radius 1 is 1.32 bits per heavy atom. The first kappa shape index (κ1) is 16.2. The van der Waals surface area contributed by atoms with E-state index in [1.165, 1.54) is 0 Å². The molecule has 0 fully saturated rings. The van der Waals surface area contributed by atoms with Crippen molar-refractivity contribution in [3.63, 3.8) is 0 Å². The Balaban J connectivity index is 2.73. The molecule has 1 heterocycles. The summed E-state index contributed by atoms with van der Waals surface area (Å²) in [6.07, 6.45) is 4.38. The molecule has 1 atom stereocenters. The van der Waals surface area contributed by atoms with Crippen molar-refractivity contribution in [1.82, 2.24) is 14.7 Å². The second kappa shape index (κ2) is 6.53. The maximum absolute atomic E-state index is 10.4. The van der Waals surface area contributed by atoms with Crippen LogP contribution in [0.25, 0.3) is 0 Å². The lowest BCUT2D eigenvalue weighted by Crippen LogP contribution is -2.49. The molecule has 1 N–H and O–H groups in total. The number of nitrogens with zero attached hydrogens (tertiary/aromatic N) is 3. The summed E-state index contributed by atoms with van der Waals surface area (Å²) in [5.74, 6) is 0. The van der Waals surface area contributed by atoms with E-state index in [0.717, 1.165) is 18.5 Å². The standard InChI is InChI=1S/C15H29N3O/c1-7-13(8-2)18-10-9-12(16-18)11-14(19)15(3,4)17(5)6/h9-10,13-14,19H,7-8,11H2,1-6H3. The number of hydrogen-bond acceptors (Lipinski definition) is 3. The molecule has 1 aromatic heterocycles. The van der Waals surface area contributed by atoms with Gasteiger partial charge in [-0.2, -0.15) is 5.10 Å². The van der Waals surface area contributed by atoms with E-state index in [1.54, 1.807) is 0 Å². The lowest BCUT2D eigenvalue weighted by atomic mass is 9.92. The molecule has 0 aliphatic heterocycles. The van der Waals surface area contributed by atoms with Gasteiger partial charge in [0, 0.05) is 18.2 Å². The third-order valence-electron chi connectivity index (χ3n) is 4.35. The minimum Gasteiger partial charge on any atom is -0.391 e. The molecule has 0 aliphatic rings. The molecule has 0 amide bonds. The lowest BCUT2D eigenvalue weighted by molar-refractivity contribution is 0.0176. The Labute approximate surface area is 117 Å². The van der Waals surface area contributed by atoms with Gasteiger partial charge in [-0.25, -0.2) is 0 Å². The maximum atomic E-state index is 10.4. The first-order valence-corrected chi connectivity index (χ1v) is 7.22. The second-order valence-electron chi connectivity index (χ2n) is 6.03. The molecule has 110 valence electrons. The Morgan fingerprint density at radius 3 is 2.37 bits per heavy atom. The highest BCUT2D eigenvalue weighted by Crippen LogP contribution is 2.20. The van der Waals surface area contributed by atoms with Crippen LogP contribution in [0.2, 0.25) is 0 Å². The van der Waals surface area contributed by atoms with E-state index >= 15 is 0 Å². The topological polar surface area (TPSA) is 41.3 Å². The zero-order valence-electron chi connectivity index (χ0n) is 13.2. The van der Waals surface area contributed by atoms with Crippen LogP contribution in [0.1, 0.15) is 52.3 Å². The lowest BCUT2D eigenvalue weighted by Gasteiger charge is -2.36. The quantitative estimate of drug-likeness (QED) is 0.825. The van der Waals surface area contributed by atoms with Crippen molar-refractivity contribution in [2.45, 2.75) is 64.6 Å². The number of likely N-dealkylation sites (N-methyl/N-ethyl adjacent to an activating group) is 1. The third kappa shape index (κ3) is 3.80. The minimum atomic E-state index is -0.424. The molecule has 4 nitrogen and oxygen atoms in total. The van der Waals surface area contributed by atoms with E-state index in [0.29, 0.717) is 12.5 Å². The van der Waals surface area contributed by atoms with Gasteiger partial charge in [0.05, 0.1) is 17.8 Å². The molecule has 1 unspecified atom stereocenters. The Hall–Kier alpha value is -0.870. The van der Waals surface area contributed by atoms with Crippen molar-refractivity contribution in [2.24, 2.45) is 0 Å². The minimum absolute atomic E-state index is 0.251. The Kier molecular flexibility index (Phi) is 5.56. The van der Waals surface area contributed by atoms with E-state index in [9.17, 15) is 5.11 Å². The van der Waals surface area contributed by atoms with Crippen LogP contribution in [0.15, 0.2) is 12.3 Å². The van der Waals surface area contributed by atoms with Crippen molar-refractivity contribution in [3.8, 4) is 0 Å². The molecular weight excluding hydrogens is 238 g/mol. The van der Waals surface area contributed by atoms with Crippen LogP contribution >= 0.6 is 0 Å². The highest BCUT2D eigenvalue weighted by molar-refractivity contribution is 5.04. The van der Waals surface area contributed by atoms with Gasteiger partial charge in [0.25, 0.3) is 0 Å². The van der Waals surface area contributed by atoms with Crippen LogP contribution in [0, 0.1) is 0 Å². The molecule has 0 spiro atoms. The first-order valence-electron chi connectivity index (χ1n) is 7.22. The van der Waals surface area contributed by atoms with E-state index in [-0.39, 0.29) is 5.54 Å². The summed E-state index contributed by atoms with van der Waals surface area (Å²) in [5, 5.41) is 15.0. The largest absolute Gasteiger partial charge is 0.391 e. The van der Waals surface area contributed by atoms with Gasteiger partial charge in [0.1, 0.15) is 0 Å². The van der Waals surface area contributed by atoms with Gasteiger partial charge in [0.15, 0.2) is 0 Å². The highest BCUT2D eigenvalue weighted by atomic mass is 16.3. The highest BCUT2D eigenvalue weighted by Gasteiger charge is 2.30. The molecule has 4 heteroatoms. The molecule has 0 radical (unpaired) electrons. The smallest absolute Gasteiger partial charge is 0.0774 e. The monoisotopic (exact) mass is 267 g/mol. The van der Waals surface area contributed by atoms with Gasteiger partial charge in [-0.3, -0.25) is 4.68 Å². The molecule has 0 bridgehead atoms. The number of rotatable bonds is 7. The fourth-order valence-electron chi connectivity index (χ4n) is 2.10. The van der Waals surface area contributed by atoms with Gasteiger partial charge in [0.2, 0.25) is 0 Å². The fraction of sp³-hybridized carbons (Fsp3) is 0.800. The number of hydrogen-bond donors (Lipinski definition) is 1. The van der Waals surface area contributed by atoms with Gasteiger partial charge >= 0.3 is 0 Å². The van der Waals surface area contributed by atoms with Crippen LogP contribution in [0.5, 0.6) is 0 Å². The molecule has 0 saturated heterocycles. The predicted molar refractivity (Wildman–Crippen MR) is 79.3 cm³/mol. The van der Waals surface area contributed by atoms with Crippen LogP contribution in [0.3, 0.4) is 0 Å². The summed E-state index contributed by atoms with van der Waals surface area (Å²) in [6, 6.07) is 2.49. The van der Waals surface area contributed by atoms with Crippen molar-refractivity contribution in [1.29, 1.82) is 0 Å². The number of aromatic nitrogens is 2. The van der Waals surface area contributed by atoms with Gasteiger partial charge in [-0.1, -0.05) is 13.8 Å². The molecule has 0 aromatic carbocycles. The average molecular weight is 267 g/mol. The first-order chi connectivity index (χ1) is 8.82. The molecule has 0 saturated carbocycles. The van der Waals surface area contributed by atoms with Crippen molar-refractivity contribution in [2.75, 3.05) is 14.1 Å².